The van der Waals surface area contributed by atoms with Gasteiger partial charge in [-0.3, -0.25) is 0 Å². The van der Waals surface area contributed by atoms with E-state index >= 15 is 0 Å². The molecule has 0 aliphatic carbocycles. The molecular weight excluding hydrogens is 116 g/mol. The molecule has 3 heteroatoms. The van der Waals surface area contributed by atoms with Crippen molar-refractivity contribution in [1.29, 1.82) is 0 Å². The zero-order chi connectivity index (χ0) is 6.10. The predicted molar refractivity (Wildman–Crippen MR) is 33.3 cm³/mol. The Labute approximate surface area is 54.3 Å². The van der Waals surface area contributed by atoms with Gasteiger partial charge >= 0.3 is 0 Å². The lowest BCUT2D eigenvalue weighted by Crippen LogP contribution is -2.36. The fraction of sp³-hybridized carbons (Fsp3) is 0.667. The van der Waals surface area contributed by atoms with E-state index in [1.54, 1.807) is 6.26 Å². The highest BCUT2D eigenvalue weighted by molar-refractivity contribution is 4.88. The summed E-state index contributed by atoms with van der Waals surface area (Å²) >= 11 is 0. The monoisotopic (exact) mass is 126 g/mol. The van der Waals surface area contributed by atoms with Gasteiger partial charge in [-0.15, -0.1) is 0 Å². The number of fused-ring (bicyclic) bond motifs is 1. The van der Waals surface area contributed by atoms with Crippen LogP contribution in [0.15, 0.2) is 12.5 Å². The second kappa shape index (κ2) is 1.92. The topological polar surface area (TPSA) is 24.5 Å². The van der Waals surface area contributed by atoms with Crippen LogP contribution in [0.3, 0.4) is 0 Å². The third-order valence-corrected chi connectivity index (χ3v) is 1.77. The minimum absolute atomic E-state index is 0.579. The number of nitrogens with one attached hydrogen (secondary N) is 1. The highest BCUT2D eigenvalue weighted by Crippen LogP contribution is 2.12. The van der Waals surface area contributed by atoms with Gasteiger partial charge in [-0.2, -0.15) is 0 Å². The normalized spacial score (nSPS) is 32.0. The minimum Gasteiger partial charge on any atom is -0.497 e. The summed E-state index contributed by atoms with van der Waals surface area (Å²) in [6.07, 6.45) is 4.88. The van der Waals surface area contributed by atoms with Crippen molar-refractivity contribution in [3.63, 3.8) is 0 Å². The summed E-state index contributed by atoms with van der Waals surface area (Å²) in [7, 11) is 0. The van der Waals surface area contributed by atoms with Crippen LogP contribution in [0, 0.1) is 0 Å². The van der Waals surface area contributed by atoms with Gasteiger partial charge in [-0.25, -0.2) is 5.43 Å². The van der Waals surface area contributed by atoms with Crippen molar-refractivity contribution in [2.24, 2.45) is 0 Å². The lowest BCUT2D eigenvalue weighted by Gasteiger charge is -2.24. The van der Waals surface area contributed by atoms with E-state index in [1.165, 1.54) is 6.42 Å². The zero-order valence-corrected chi connectivity index (χ0v) is 5.21. The van der Waals surface area contributed by atoms with E-state index < -0.39 is 0 Å². The standard InChI is InChI=1S/C6H10N2O/c1-2-7-8-3-4-9-5-6(1)8/h3-4,6-7H,1-2,5H2. The Morgan fingerprint density at radius 1 is 1.67 bits per heavy atom. The fourth-order valence-electron chi connectivity index (χ4n) is 1.24. The lowest BCUT2D eigenvalue weighted by molar-refractivity contribution is 0.117. The van der Waals surface area contributed by atoms with Gasteiger partial charge in [-0.1, -0.05) is 0 Å². The largest absolute Gasteiger partial charge is 0.497 e. The van der Waals surface area contributed by atoms with Crippen molar-refractivity contribution >= 4 is 0 Å². The molecule has 2 aliphatic heterocycles. The molecule has 0 spiro atoms. The number of hydrogen-bond donors (Lipinski definition) is 1. The average molecular weight is 126 g/mol. The van der Waals surface area contributed by atoms with Gasteiger partial charge < -0.3 is 9.75 Å². The molecule has 0 bridgehead atoms. The molecule has 1 atom stereocenters. The fourth-order valence-corrected chi connectivity index (χ4v) is 1.24. The highest BCUT2D eigenvalue weighted by atomic mass is 16.5. The minimum atomic E-state index is 0.579. The Morgan fingerprint density at radius 3 is 3.56 bits per heavy atom. The van der Waals surface area contributed by atoms with Gasteiger partial charge in [0.05, 0.1) is 12.2 Å². The van der Waals surface area contributed by atoms with Crippen molar-refractivity contribution in [2.75, 3.05) is 13.2 Å². The number of hydrazine groups is 1. The van der Waals surface area contributed by atoms with E-state index in [4.69, 9.17) is 4.74 Å². The predicted octanol–water partition coefficient (Wildman–Crippen LogP) is 0.0667. The quantitative estimate of drug-likeness (QED) is 0.497. The Balaban J connectivity index is 2.10. The van der Waals surface area contributed by atoms with Crippen LogP contribution in [-0.2, 0) is 4.74 Å². The molecule has 0 aromatic rings. The van der Waals surface area contributed by atoms with Gasteiger partial charge in [-0.05, 0) is 6.42 Å². The molecule has 9 heavy (non-hydrogen) atoms. The van der Waals surface area contributed by atoms with Crippen LogP contribution in [0.2, 0.25) is 0 Å². The van der Waals surface area contributed by atoms with Crippen LogP contribution in [0.25, 0.3) is 0 Å². The summed E-state index contributed by atoms with van der Waals surface area (Å²) in [4.78, 5) is 0. The first-order valence-electron chi connectivity index (χ1n) is 3.27. The number of hydrogen-bond acceptors (Lipinski definition) is 3. The lowest BCUT2D eigenvalue weighted by atomic mass is 10.2. The molecule has 50 valence electrons. The van der Waals surface area contributed by atoms with E-state index in [0.29, 0.717) is 6.04 Å². The van der Waals surface area contributed by atoms with Crippen molar-refractivity contribution in [3.8, 4) is 0 Å². The molecule has 1 unspecified atom stereocenters. The van der Waals surface area contributed by atoms with E-state index in [2.05, 4.69) is 10.4 Å². The van der Waals surface area contributed by atoms with E-state index in [-0.39, 0.29) is 0 Å². The van der Waals surface area contributed by atoms with Crippen LogP contribution in [0.1, 0.15) is 6.42 Å². The first kappa shape index (κ1) is 5.11. The molecule has 0 amide bonds. The Morgan fingerprint density at radius 2 is 2.67 bits per heavy atom. The van der Waals surface area contributed by atoms with Gasteiger partial charge in [0, 0.05) is 6.54 Å². The molecule has 1 fully saturated rings. The van der Waals surface area contributed by atoms with Gasteiger partial charge in [0.2, 0.25) is 0 Å². The van der Waals surface area contributed by atoms with E-state index in [9.17, 15) is 0 Å². The zero-order valence-electron chi connectivity index (χ0n) is 5.21. The third kappa shape index (κ3) is 0.772. The first-order chi connectivity index (χ1) is 4.47. The Bertz CT molecular complexity index is 135. The summed E-state index contributed by atoms with van der Waals surface area (Å²) in [6.45, 7) is 1.92. The van der Waals surface area contributed by atoms with Crippen LogP contribution < -0.4 is 5.43 Å². The van der Waals surface area contributed by atoms with Crippen molar-refractivity contribution in [2.45, 2.75) is 12.5 Å². The van der Waals surface area contributed by atoms with Crippen molar-refractivity contribution in [1.82, 2.24) is 10.4 Å². The molecule has 0 saturated carbocycles. The third-order valence-electron chi connectivity index (χ3n) is 1.77. The molecule has 3 nitrogen and oxygen atoms in total. The van der Waals surface area contributed by atoms with Crippen LogP contribution in [0.4, 0.5) is 0 Å². The maximum atomic E-state index is 5.12. The average Bonchev–Trinajstić information content (AvgIpc) is 2.33. The molecule has 1 saturated heterocycles. The Hall–Kier alpha value is -0.700. The molecule has 0 radical (unpaired) electrons. The Kier molecular flexibility index (Phi) is 1.09. The van der Waals surface area contributed by atoms with Crippen LogP contribution >= 0.6 is 0 Å². The SMILES string of the molecule is C1=CN2NCCC2CO1. The maximum absolute atomic E-state index is 5.12. The summed E-state index contributed by atoms with van der Waals surface area (Å²) in [5, 5.41) is 2.11. The molecule has 1 N–H and O–H groups in total. The highest BCUT2D eigenvalue weighted by Gasteiger charge is 2.23. The smallest absolute Gasteiger partial charge is 0.109 e. The second-order valence-electron chi connectivity index (χ2n) is 2.38. The van der Waals surface area contributed by atoms with Gasteiger partial charge in [0.15, 0.2) is 0 Å². The van der Waals surface area contributed by atoms with Gasteiger partial charge in [0.25, 0.3) is 0 Å². The van der Waals surface area contributed by atoms with Crippen LogP contribution in [0.5, 0.6) is 0 Å². The summed E-state index contributed by atoms with van der Waals surface area (Å²) in [6, 6.07) is 0.579. The van der Waals surface area contributed by atoms with Gasteiger partial charge in [0.1, 0.15) is 12.9 Å². The molecular formula is C6H10N2O. The molecule has 2 rings (SSSR count). The maximum Gasteiger partial charge on any atom is 0.109 e. The summed E-state index contributed by atoms with van der Waals surface area (Å²) < 4.78 is 5.12. The molecule has 0 aromatic heterocycles. The van der Waals surface area contributed by atoms with Crippen molar-refractivity contribution < 1.29 is 4.74 Å². The number of ether oxygens (including phenoxy) is 1. The van der Waals surface area contributed by atoms with Crippen LogP contribution in [-0.4, -0.2) is 24.2 Å². The summed E-state index contributed by atoms with van der Waals surface area (Å²) in [5.74, 6) is 0. The van der Waals surface area contributed by atoms with E-state index in [0.717, 1.165) is 13.2 Å². The van der Waals surface area contributed by atoms with E-state index in [1.807, 2.05) is 6.20 Å². The first-order valence-corrected chi connectivity index (χ1v) is 3.27. The molecule has 2 heterocycles. The number of rotatable bonds is 0. The summed E-state index contributed by atoms with van der Waals surface area (Å²) in [5.41, 5.74) is 3.23. The van der Waals surface area contributed by atoms with Crippen molar-refractivity contribution in [3.05, 3.63) is 12.5 Å². The number of nitrogens with zero attached hydrogens (tertiary/aromatic N) is 1. The molecule has 0 aromatic carbocycles. The molecule has 2 aliphatic rings. The second-order valence-corrected chi connectivity index (χ2v) is 2.38.